The molecule has 4 nitrogen and oxygen atoms in total. The second kappa shape index (κ2) is 9.52. The van der Waals surface area contributed by atoms with Gasteiger partial charge >= 0.3 is 0 Å². The molecular formula is C25H34O4S. The number of methoxy groups -OCH3 is 1. The van der Waals surface area contributed by atoms with Gasteiger partial charge in [-0.25, -0.2) is 8.42 Å². The Morgan fingerprint density at radius 3 is 2.23 bits per heavy atom. The SMILES string of the molecule is CCCCC1(CCCC)CS(=O)(=O)c2cc(OC)ccc2[C@@H](c2ccccc2)[C@H]1O. The summed E-state index contributed by atoms with van der Waals surface area (Å²) in [6.45, 7) is 4.22. The smallest absolute Gasteiger partial charge is 0.179 e. The van der Waals surface area contributed by atoms with E-state index >= 15 is 0 Å². The topological polar surface area (TPSA) is 63.6 Å². The number of fused-ring (bicyclic) bond motifs is 1. The van der Waals surface area contributed by atoms with E-state index in [1.54, 1.807) is 19.2 Å². The van der Waals surface area contributed by atoms with E-state index in [1.165, 1.54) is 0 Å². The van der Waals surface area contributed by atoms with Crippen molar-refractivity contribution in [2.75, 3.05) is 12.9 Å². The Morgan fingerprint density at radius 2 is 1.67 bits per heavy atom. The van der Waals surface area contributed by atoms with Crippen LogP contribution in [0.2, 0.25) is 0 Å². The van der Waals surface area contributed by atoms with Gasteiger partial charge in [0.25, 0.3) is 0 Å². The number of ether oxygens (including phenoxy) is 1. The number of aliphatic hydroxyl groups is 1. The maximum atomic E-state index is 13.7. The Labute approximate surface area is 181 Å². The van der Waals surface area contributed by atoms with Crippen molar-refractivity contribution in [3.8, 4) is 5.75 Å². The quantitative estimate of drug-likeness (QED) is 0.614. The molecule has 1 N–H and O–H groups in total. The number of unbranched alkanes of at least 4 members (excludes halogenated alkanes) is 2. The highest BCUT2D eigenvalue weighted by atomic mass is 32.2. The van der Waals surface area contributed by atoms with Crippen LogP contribution in [0.5, 0.6) is 5.75 Å². The molecule has 0 saturated carbocycles. The van der Waals surface area contributed by atoms with Crippen LogP contribution < -0.4 is 4.74 Å². The van der Waals surface area contributed by atoms with E-state index in [2.05, 4.69) is 13.8 Å². The second-order valence-corrected chi connectivity index (χ2v) is 10.5. The molecule has 1 aliphatic heterocycles. The zero-order valence-electron chi connectivity index (χ0n) is 18.3. The standard InChI is InChI=1S/C25H34O4S/c1-4-6-15-25(16-7-5-2)18-30(27,28)22-17-20(29-3)13-14-21(22)23(24(25)26)19-11-9-8-10-12-19/h8-14,17,23-24,26H,4-7,15-16,18H2,1-3H3/t23-,24-/m1/s1. The van der Waals surface area contributed by atoms with E-state index in [9.17, 15) is 13.5 Å². The Morgan fingerprint density at radius 1 is 1.03 bits per heavy atom. The van der Waals surface area contributed by atoms with Gasteiger partial charge in [-0.1, -0.05) is 75.9 Å². The van der Waals surface area contributed by atoms with Crippen molar-refractivity contribution in [1.29, 1.82) is 0 Å². The lowest BCUT2D eigenvalue weighted by atomic mass is 9.68. The maximum Gasteiger partial charge on any atom is 0.179 e. The van der Waals surface area contributed by atoms with E-state index < -0.39 is 27.3 Å². The van der Waals surface area contributed by atoms with Gasteiger partial charge in [0.15, 0.2) is 9.84 Å². The molecule has 0 amide bonds. The van der Waals surface area contributed by atoms with Gasteiger partial charge in [-0.3, -0.25) is 0 Å². The molecule has 1 heterocycles. The van der Waals surface area contributed by atoms with Crippen molar-refractivity contribution in [3.05, 3.63) is 59.7 Å². The summed E-state index contributed by atoms with van der Waals surface area (Å²) in [5.41, 5.74) is 0.952. The van der Waals surface area contributed by atoms with Gasteiger partial charge in [0.2, 0.25) is 0 Å². The highest BCUT2D eigenvalue weighted by Gasteiger charge is 2.49. The van der Waals surface area contributed by atoms with Crippen molar-refractivity contribution in [2.24, 2.45) is 5.41 Å². The van der Waals surface area contributed by atoms with Gasteiger partial charge in [0.05, 0.1) is 23.9 Å². The van der Waals surface area contributed by atoms with Gasteiger partial charge in [-0.15, -0.1) is 0 Å². The summed E-state index contributed by atoms with van der Waals surface area (Å²) in [7, 11) is -2.05. The van der Waals surface area contributed by atoms with Gasteiger partial charge in [-0.2, -0.15) is 0 Å². The van der Waals surface area contributed by atoms with E-state index in [4.69, 9.17) is 4.74 Å². The molecule has 164 valence electrons. The Bertz CT molecular complexity index is 929. The third-order valence-corrected chi connectivity index (χ3v) is 8.51. The molecule has 0 spiro atoms. The van der Waals surface area contributed by atoms with Crippen LogP contribution in [0, 0.1) is 5.41 Å². The van der Waals surface area contributed by atoms with Crippen LogP contribution in [0.3, 0.4) is 0 Å². The average Bonchev–Trinajstić information content (AvgIpc) is 2.82. The van der Waals surface area contributed by atoms with Crippen molar-refractivity contribution in [3.63, 3.8) is 0 Å². The molecule has 0 radical (unpaired) electrons. The van der Waals surface area contributed by atoms with Crippen LogP contribution >= 0.6 is 0 Å². The average molecular weight is 431 g/mol. The molecule has 2 aromatic carbocycles. The predicted octanol–water partition coefficient (Wildman–Crippen LogP) is 5.34. The van der Waals surface area contributed by atoms with Crippen LogP contribution in [0.1, 0.15) is 69.4 Å². The highest BCUT2D eigenvalue weighted by molar-refractivity contribution is 7.91. The van der Waals surface area contributed by atoms with Crippen LogP contribution in [-0.4, -0.2) is 32.5 Å². The van der Waals surface area contributed by atoms with Crippen LogP contribution in [0.15, 0.2) is 53.4 Å². The third-order valence-electron chi connectivity index (χ3n) is 6.53. The molecule has 2 aromatic rings. The number of sulfone groups is 1. The van der Waals surface area contributed by atoms with E-state index in [0.717, 1.165) is 31.2 Å². The summed E-state index contributed by atoms with van der Waals surface area (Å²) in [5, 5.41) is 11.9. The number of rotatable bonds is 8. The first-order valence-electron chi connectivity index (χ1n) is 11.0. The number of benzene rings is 2. The minimum absolute atomic E-state index is 0.0231. The normalized spacial score (nSPS) is 22.1. The summed E-state index contributed by atoms with van der Waals surface area (Å²) in [6, 6.07) is 15.1. The van der Waals surface area contributed by atoms with Crippen molar-refractivity contribution in [2.45, 2.75) is 69.3 Å². The monoisotopic (exact) mass is 430 g/mol. The minimum atomic E-state index is -3.59. The van der Waals surface area contributed by atoms with Crippen molar-refractivity contribution >= 4 is 9.84 Å². The molecule has 30 heavy (non-hydrogen) atoms. The molecule has 0 unspecified atom stereocenters. The first-order chi connectivity index (χ1) is 14.4. The fraction of sp³-hybridized carbons (Fsp3) is 0.520. The number of hydrogen-bond acceptors (Lipinski definition) is 4. The number of hydrogen-bond donors (Lipinski definition) is 1. The third kappa shape index (κ3) is 4.42. The lowest BCUT2D eigenvalue weighted by molar-refractivity contribution is 0.0127. The minimum Gasteiger partial charge on any atom is -0.497 e. The fourth-order valence-corrected chi connectivity index (χ4v) is 7.10. The predicted molar refractivity (Wildman–Crippen MR) is 121 cm³/mol. The summed E-state index contributed by atoms with van der Waals surface area (Å²) in [6.07, 6.45) is 4.38. The zero-order chi connectivity index (χ0) is 21.8. The van der Waals surface area contributed by atoms with E-state index in [1.807, 2.05) is 36.4 Å². The van der Waals surface area contributed by atoms with Crippen LogP contribution in [0.4, 0.5) is 0 Å². The summed E-state index contributed by atoms with van der Waals surface area (Å²) in [4.78, 5) is 0.296. The number of aliphatic hydroxyl groups excluding tert-OH is 1. The Kier molecular flexibility index (Phi) is 7.25. The largest absolute Gasteiger partial charge is 0.497 e. The van der Waals surface area contributed by atoms with Crippen LogP contribution in [-0.2, 0) is 9.84 Å². The first-order valence-corrected chi connectivity index (χ1v) is 12.7. The summed E-state index contributed by atoms with van der Waals surface area (Å²) < 4.78 is 32.7. The highest BCUT2D eigenvalue weighted by Crippen LogP contribution is 2.49. The lowest BCUT2D eigenvalue weighted by Gasteiger charge is -2.40. The molecule has 0 aromatic heterocycles. The Hall–Kier alpha value is -1.85. The zero-order valence-corrected chi connectivity index (χ0v) is 19.1. The maximum absolute atomic E-state index is 13.7. The molecule has 5 heteroatoms. The molecule has 3 rings (SSSR count). The van der Waals surface area contributed by atoms with Crippen molar-refractivity contribution in [1.82, 2.24) is 0 Å². The van der Waals surface area contributed by atoms with E-state index in [0.29, 0.717) is 29.1 Å². The first kappa shape index (κ1) is 22.8. The van der Waals surface area contributed by atoms with Gasteiger partial charge in [0.1, 0.15) is 5.75 Å². The summed E-state index contributed by atoms with van der Waals surface area (Å²) in [5.74, 6) is 0.108. The molecule has 1 aliphatic rings. The van der Waals surface area contributed by atoms with E-state index in [-0.39, 0.29) is 5.75 Å². The fourth-order valence-electron chi connectivity index (χ4n) is 4.88. The van der Waals surface area contributed by atoms with Crippen molar-refractivity contribution < 1.29 is 18.3 Å². The lowest BCUT2D eigenvalue weighted by Crippen LogP contribution is -2.43. The second-order valence-electron chi connectivity index (χ2n) is 8.57. The molecular weight excluding hydrogens is 396 g/mol. The molecule has 0 bridgehead atoms. The van der Waals surface area contributed by atoms with Gasteiger partial charge < -0.3 is 9.84 Å². The van der Waals surface area contributed by atoms with Gasteiger partial charge in [0, 0.05) is 11.3 Å². The van der Waals surface area contributed by atoms with Gasteiger partial charge in [-0.05, 0) is 36.1 Å². The molecule has 2 atom stereocenters. The van der Waals surface area contributed by atoms with Crippen LogP contribution in [0.25, 0.3) is 0 Å². The summed E-state index contributed by atoms with van der Waals surface area (Å²) >= 11 is 0. The molecule has 0 saturated heterocycles. The Balaban J connectivity index is 2.26. The molecule has 0 fully saturated rings. The molecule has 0 aliphatic carbocycles.